The first-order chi connectivity index (χ1) is 19.9. The lowest BCUT2D eigenvalue weighted by Crippen LogP contribution is -2.39. The molecule has 41 heavy (non-hydrogen) atoms. The van der Waals surface area contributed by atoms with E-state index >= 15 is 0 Å². The first-order valence-electron chi connectivity index (χ1n) is 13.8. The molecule has 7 rings (SSSR count). The number of aromatic nitrogens is 2. The van der Waals surface area contributed by atoms with Gasteiger partial charge in [-0.05, 0) is 65.6 Å². The van der Waals surface area contributed by atoms with E-state index in [2.05, 4.69) is 103 Å². The molecule has 0 spiro atoms. The number of rotatable bonds is 5. The zero-order chi connectivity index (χ0) is 28.0. The number of anilines is 2. The quantitative estimate of drug-likeness (QED) is 0.239. The number of nitrogens with one attached hydrogen (secondary N) is 1. The molecule has 0 unspecified atom stereocenters. The number of para-hydroxylation sites is 1. The fourth-order valence-corrected chi connectivity index (χ4v) is 5.31. The maximum absolute atomic E-state index is 6.40. The van der Waals surface area contributed by atoms with E-state index in [0.29, 0.717) is 0 Å². The van der Waals surface area contributed by atoms with Gasteiger partial charge in [0.15, 0.2) is 0 Å². The Kier molecular flexibility index (Phi) is 5.98. The van der Waals surface area contributed by atoms with Gasteiger partial charge >= 0.3 is 0 Å². The molecular formula is C35H31N5O. The molecule has 0 aliphatic carbocycles. The van der Waals surface area contributed by atoms with Gasteiger partial charge in [-0.1, -0.05) is 63.2 Å². The summed E-state index contributed by atoms with van der Waals surface area (Å²) in [5.74, 6) is 2.40. The van der Waals surface area contributed by atoms with Crippen molar-refractivity contribution in [2.75, 3.05) is 10.0 Å². The Balaban J connectivity index is 1.15. The molecule has 1 aliphatic heterocycles. The lowest BCUT2D eigenvalue weighted by Gasteiger charge is -2.24. The van der Waals surface area contributed by atoms with Crippen LogP contribution in [0.5, 0.6) is 11.5 Å². The fraction of sp³-hybridized carbons (Fsp3) is 0.114. The van der Waals surface area contributed by atoms with Gasteiger partial charge in [-0.2, -0.15) is 0 Å². The normalized spacial score (nSPS) is 13.4. The van der Waals surface area contributed by atoms with Crippen LogP contribution in [0, 0.1) is 0 Å². The Morgan fingerprint density at radius 2 is 1.37 bits per heavy atom. The van der Waals surface area contributed by atoms with Crippen molar-refractivity contribution in [2.45, 2.75) is 26.2 Å². The summed E-state index contributed by atoms with van der Waals surface area (Å²) in [4.78, 5) is 4.63. The molecular weight excluding hydrogens is 506 g/mol. The van der Waals surface area contributed by atoms with E-state index in [0.717, 1.165) is 45.1 Å². The summed E-state index contributed by atoms with van der Waals surface area (Å²) in [6, 6.07) is 37.4. The molecule has 2 aromatic heterocycles. The van der Waals surface area contributed by atoms with Crippen LogP contribution in [0.25, 0.3) is 27.6 Å². The standard InChI is InChI=1S/C35H31N5O/c1-35(2,3)25-14-16-26(17-15-25)38-21-22-39(37-38)27-9-8-10-28(23-27)41-29-18-19-31-30-11-4-5-12-32(30)40(33(31)24-29)34-13-6-7-20-36-34/h4-24,37H,1-3H3. The highest BCUT2D eigenvalue weighted by molar-refractivity contribution is 6.09. The Labute approximate surface area is 239 Å². The second-order valence-corrected chi connectivity index (χ2v) is 11.3. The highest BCUT2D eigenvalue weighted by atomic mass is 16.5. The van der Waals surface area contributed by atoms with E-state index in [9.17, 15) is 0 Å². The van der Waals surface area contributed by atoms with Gasteiger partial charge in [0, 0.05) is 41.5 Å². The molecule has 6 heteroatoms. The maximum Gasteiger partial charge on any atom is 0.137 e. The van der Waals surface area contributed by atoms with Crippen molar-refractivity contribution in [2.24, 2.45) is 0 Å². The number of hydrogen-bond acceptors (Lipinski definition) is 5. The minimum Gasteiger partial charge on any atom is -0.457 e. The number of hydrazine groups is 2. The van der Waals surface area contributed by atoms with Crippen LogP contribution >= 0.6 is 0 Å². The first-order valence-corrected chi connectivity index (χ1v) is 13.8. The Morgan fingerprint density at radius 3 is 2.15 bits per heavy atom. The molecule has 6 aromatic rings. The van der Waals surface area contributed by atoms with E-state index in [1.807, 2.05) is 71.1 Å². The van der Waals surface area contributed by atoms with Gasteiger partial charge in [-0.3, -0.25) is 14.6 Å². The summed E-state index contributed by atoms with van der Waals surface area (Å²) in [5, 5.41) is 6.33. The number of fused-ring (bicyclic) bond motifs is 3. The molecule has 1 aliphatic rings. The number of nitrogens with zero attached hydrogens (tertiary/aromatic N) is 4. The third kappa shape index (κ3) is 4.68. The molecule has 6 nitrogen and oxygen atoms in total. The highest BCUT2D eigenvalue weighted by Crippen LogP contribution is 2.35. The summed E-state index contributed by atoms with van der Waals surface area (Å²) >= 11 is 0. The van der Waals surface area contributed by atoms with E-state index in [1.54, 1.807) is 0 Å². The topological polar surface area (TPSA) is 45.6 Å². The fourth-order valence-electron chi connectivity index (χ4n) is 5.31. The second kappa shape index (κ2) is 9.84. The van der Waals surface area contributed by atoms with Crippen molar-refractivity contribution >= 4 is 33.2 Å². The average molecular weight is 538 g/mol. The first kappa shape index (κ1) is 24.9. The predicted octanol–water partition coefficient (Wildman–Crippen LogP) is 8.49. The van der Waals surface area contributed by atoms with E-state index in [4.69, 9.17) is 4.74 Å². The van der Waals surface area contributed by atoms with Gasteiger partial charge in [0.05, 0.1) is 22.4 Å². The largest absolute Gasteiger partial charge is 0.457 e. The van der Waals surface area contributed by atoms with Crippen LogP contribution in [0.15, 0.2) is 128 Å². The number of hydrogen-bond donors (Lipinski definition) is 1. The van der Waals surface area contributed by atoms with Gasteiger partial charge in [-0.25, -0.2) is 4.98 Å². The summed E-state index contributed by atoms with van der Waals surface area (Å²) in [6.45, 7) is 6.68. The van der Waals surface area contributed by atoms with Crippen LogP contribution in [0.2, 0.25) is 0 Å². The smallest absolute Gasteiger partial charge is 0.137 e. The SMILES string of the molecule is CC(C)(C)c1ccc(N2C=CN(c3cccc(Oc4ccc5c6ccccc6n(-c6ccccn6)c5c4)c3)N2)cc1. The molecule has 0 amide bonds. The minimum absolute atomic E-state index is 0.124. The minimum atomic E-state index is 0.124. The van der Waals surface area contributed by atoms with Crippen molar-refractivity contribution < 1.29 is 4.74 Å². The lowest BCUT2D eigenvalue weighted by atomic mass is 9.87. The third-order valence-corrected chi connectivity index (χ3v) is 7.45. The van der Waals surface area contributed by atoms with Gasteiger partial charge in [0.25, 0.3) is 0 Å². The molecule has 1 N–H and O–H groups in total. The summed E-state index contributed by atoms with van der Waals surface area (Å²) < 4.78 is 8.59. The Bertz CT molecular complexity index is 1880. The van der Waals surface area contributed by atoms with Crippen molar-refractivity contribution in [1.82, 2.24) is 15.1 Å². The molecule has 202 valence electrons. The van der Waals surface area contributed by atoms with E-state index < -0.39 is 0 Å². The lowest BCUT2D eigenvalue weighted by molar-refractivity contribution is 0.483. The van der Waals surface area contributed by atoms with Crippen LogP contribution in [0.3, 0.4) is 0 Å². The number of benzene rings is 4. The Hall–Kier alpha value is -5.07. The zero-order valence-corrected chi connectivity index (χ0v) is 23.3. The monoisotopic (exact) mass is 537 g/mol. The zero-order valence-electron chi connectivity index (χ0n) is 23.3. The number of ether oxygens (including phenoxy) is 1. The van der Waals surface area contributed by atoms with Crippen molar-refractivity contribution in [3.63, 3.8) is 0 Å². The average Bonchev–Trinajstić information content (AvgIpc) is 3.61. The van der Waals surface area contributed by atoms with Gasteiger partial charge in [0.2, 0.25) is 0 Å². The van der Waals surface area contributed by atoms with Gasteiger partial charge in [-0.15, -0.1) is 5.53 Å². The molecule has 0 radical (unpaired) electrons. The van der Waals surface area contributed by atoms with Crippen molar-refractivity contribution in [3.8, 4) is 17.3 Å². The molecule has 0 bridgehead atoms. The highest BCUT2D eigenvalue weighted by Gasteiger charge is 2.18. The molecule has 0 saturated heterocycles. The third-order valence-electron chi connectivity index (χ3n) is 7.45. The maximum atomic E-state index is 6.40. The molecule has 0 atom stereocenters. The molecule has 4 aromatic carbocycles. The van der Waals surface area contributed by atoms with Crippen LogP contribution in [0.1, 0.15) is 26.3 Å². The summed E-state index contributed by atoms with van der Waals surface area (Å²) in [7, 11) is 0. The Morgan fingerprint density at radius 1 is 0.634 bits per heavy atom. The van der Waals surface area contributed by atoms with Gasteiger partial charge < -0.3 is 4.74 Å². The van der Waals surface area contributed by atoms with Crippen LogP contribution in [-0.4, -0.2) is 9.55 Å². The van der Waals surface area contributed by atoms with Crippen molar-refractivity contribution in [3.05, 3.63) is 133 Å². The summed E-state index contributed by atoms with van der Waals surface area (Å²) in [5.41, 5.74) is 9.07. The number of pyridine rings is 1. The second-order valence-electron chi connectivity index (χ2n) is 11.3. The van der Waals surface area contributed by atoms with E-state index in [-0.39, 0.29) is 5.41 Å². The predicted molar refractivity (Wildman–Crippen MR) is 167 cm³/mol. The van der Waals surface area contributed by atoms with Crippen LogP contribution in [0.4, 0.5) is 11.4 Å². The molecule has 0 saturated carbocycles. The molecule has 3 heterocycles. The molecule has 0 fully saturated rings. The van der Waals surface area contributed by atoms with Crippen LogP contribution in [-0.2, 0) is 5.41 Å². The van der Waals surface area contributed by atoms with E-state index in [1.165, 1.54) is 10.9 Å². The van der Waals surface area contributed by atoms with Crippen molar-refractivity contribution in [1.29, 1.82) is 0 Å². The van der Waals surface area contributed by atoms with Crippen LogP contribution < -0.4 is 20.3 Å². The summed E-state index contributed by atoms with van der Waals surface area (Å²) in [6.07, 6.45) is 5.85. The van der Waals surface area contributed by atoms with Gasteiger partial charge in [0.1, 0.15) is 17.3 Å².